The van der Waals surface area contributed by atoms with Crippen molar-refractivity contribution < 1.29 is 33.8 Å². The molecular weight excluding hydrogens is 426 g/mol. The molecule has 9 nitrogen and oxygen atoms in total. The van der Waals surface area contributed by atoms with Crippen molar-refractivity contribution in [1.29, 1.82) is 0 Å². The lowest BCUT2D eigenvalue weighted by Crippen LogP contribution is -2.36. The van der Waals surface area contributed by atoms with Gasteiger partial charge in [-0.25, -0.2) is 0 Å². The molecule has 2 saturated carbocycles. The van der Waals surface area contributed by atoms with Crippen molar-refractivity contribution in [2.45, 2.75) is 53.2 Å². The highest BCUT2D eigenvalue weighted by molar-refractivity contribution is 6.35. The Bertz CT molecular complexity index is 687. The van der Waals surface area contributed by atoms with E-state index in [0.29, 0.717) is 32.3 Å². The number of carbonyl (C=O) groups is 4. The number of rotatable bonds is 7. The Morgan fingerprint density at radius 3 is 1.64 bits per heavy atom. The Morgan fingerprint density at radius 2 is 1.27 bits per heavy atom. The molecule has 0 spiro atoms. The van der Waals surface area contributed by atoms with Gasteiger partial charge in [0.25, 0.3) is 0 Å². The van der Waals surface area contributed by atoms with E-state index in [2.05, 4.69) is 18.4 Å². The second kappa shape index (κ2) is 16.1. The van der Waals surface area contributed by atoms with Crippen LogP contribution in [0.1, 0.15) is 39.5 Å². The molecule has 0 aliphatic heterocycles. The Balaban J connectivity index is 0.000000558. The molecule has 33 heavy (non-hydrogen) atoms. The second-order valence-corrected chi connectivity index (χ2v) is 7.72. The van der Waals surface area contributed by atoms with Crippen LogP contribution in [0, 0.1) is 23.7 Å². The molecule has 0 saturated heterocycles. The van der Waals surface area contributed by atoms with Crippen LogP contribution in [0.4, 0.5) is 0 Å². The number of nitrogens with two attached hydrogens (primary N) is 1. The first-order valence-corrected chi connectivity index (χ1v) is 11.0. The largest absolute Gasteiger partial charge is 0.481 e. The molecule has 11 heteroatoms. The number of esters is 2. The molecule has 2 rings (SSSR count). The maximum Gasteiger partial charge on any atom is 0.310 e. The molecule has 0 aromatic carbocycles. The quantitative estimate of drug-likeness (QED) is 0.295. The molecule has 0 heterocycles. The van der Waals surface area contributed by atoms with Crippen molar-refractivity contribution in [2.75, 3.05) is 13.2 Å². The average molecular weight is 462 g/mol. The van der Waals surface area contributed by atoms with Crippen LogP contribution >= 0.6 is 0 Å². The van der Waals surface area contributed by atoms with Crippen molar-refractivity contribution in [3.63, 3.8) is 0 Å². The van der Waals surface area contributed by atoms with Gasteiger partial charge in [-0.2, -0.15) is 0 Å². The summed E-state index contributed by atoms with van der Waals surface area (Å²) in [6.45, 7) is 15.2. The zero-order valence-electron chi connectivity index (χ0n) is 20.1. The molecule has 0 aromatic heterocycles. The number of amides is 1. The normalized spacial score (nSPS) is 23.2. The highest BCUT2D eigenvalue weighted by Gasteiger charge is 2.41. The third kappa shape index (κ3) is 10.3. The average Bonchev–Trinajstić information content (AvgIpc) is 3.33. The highest BCUT2D eigenvalue weighted by Crippen LogP contribution is 2.36. The van der Waals surface area contributed by atoms with Crippen molar-refractivity contribution in [3.8, 4) is 0 Å². The van der Waals surface area contributed by atoms with Crippen LogP contribution in [-0.2, 0) is 28.7 Å². The molecule has 0 unspecified atom stereocenters. The van der Waals surface area contributed by atoms with Gasteiger partial charge in [0, 0.05) is 0 Å². The van der Waals surface area contributed by atoms with Gasteiger partial charge in [-0.1, -0.05) is 38.0 Å². The minimum Gasteiger partial charge on any atom is -0.481 e. The van der Waals surface area contributed by atoms with Crippen LogP contribution in [0.25, 0.3) is 0 Å². The predicted octanol–water partition coefficient (Wildman–Crippen LogP) is 1.74. The lowest BCUT2D eigenvalue weighted by Gasteiger charge is -2.16. The number of hydrogen-bond donors (Lipinski definition) is 3. The van der Waals surface area contributed by atoms with Crippen LogP contribution in [-0.4, -0.2) is 57.0 Å². The standard InChI is InChI=1S/C11H17BNO3.C10H14O4.CH5BN/c1-4-16-11(15)9-6-7(2)5-8(9)10(14)13-12-3;1-3-14-10(13)8-5-6(2)4-7(8)9(11)12;1-2-3/h8-9H,2,4-6H2,1,3H3,(H,13,14);7-8H,2-5H2,1H3,(H,11,12);3H2,1H3/t8-,9-;7-,8-;/m00./s1. The molecule has 0 bridgehead atoms. The molecule has 2 aliphatic carbocycles. The molecule has 2 aliphatic rings. The fourth-order valence-electron chi connectivity index (χ4n) is 3.76. The predicted molar refractivity (Wildman–Crippen MR) is 127 cm³/mol. The van der Waals surface area contributed by atoms with Crippen molar-refractivity contribution >= 4 is 38.6 Å². The molecule has 2 fully saturated rings. The minimum absolute atomic E-state index is 0.126. The summed E-state index contributed by atoms with van der Waals surface area (Å²) in [6.07, 6.45) is 1.96. The lowest BCUT2D eigenvalue weighted by atomic mass is 9.91. The maximum absolute atomic E-state index is 11.7. The van der Waals surface area contributed by atoms with Crippen molar-refractivity contribution in [2.24, 2.45) is 29.3 Å². The number of carboxylic acids is 1. The lowest BCUT2D eigenvalue weighted by molar-refractivity contribution is -0.156. The fraction of sp³-hybridized carbons (Fsp3) is 0.636. The van der Waals surface area contributed by atoms with Crippen LogP contribution < -0.4 is 10.9 Å². The van der Waals surface area contributed by atoms with Crippen molar-refractivity contribution in [3.05, 3.63) is 24.3 Å². The van der Waals surface area contributed by atoms with E-state index in [1.165, 1.54) is 7.41 Å². The fourth-order valence-corrected chi connectivity index (χ4v) is 3.76. The number of allylic oxidation sites excluding steroid dienone is 2. The van der Waals surface area contributed by atoms with E-state index in [-0.39, 0.29) is 30.3 Å². The van der Waals surface area contributed by atoms with Gasteiger partial charge in [0.1, 0.15) is 0 Å². The highest BCUT2D eigenvalue weighted by atomic mass is 16.5. The van der Waals surface area contributed by atoms with E-state index >= 15 is 0 Å². The van der Waals surface area contributed by atoms with Crippen LogP contribution in [0.15, 0.2) is 24.3 Å². The summed E-state index contributed by atoms with van der Waals surface area (Å²) in [4.78, 5) is 45.6. The smallest absolute Gasteiger partial charge is 0.310 e. The topological polar surface area (TPSA) is 145 Å². The van der Waals surface area contributed by atoms with E-state index in [0.717, 1.165) is 11.1 Å². The summed E-state index contributed by atoms with van der Waals surface area (Å²) in [5.41, 5.74) is 6.48. The Kier molecular flexibility index (Phi) is 14.9. The van der Waals surface area contributed by atoms with Crippen LogP contribution in [0.5, 0.6) is 0 Å². The summed E-state index contributed by atoms with van der Waals surface area (Å²) in [6, 6.07) is 0. The molecule has 182 valence electrons. The number of carboxylic acid groups (broad SMARTS) is 1. The molecule has 0 aromatic rings. The van der Waals surface area contributed by atoms with E-state index in [1.807, 2.05) is 0 Å². The van der Waals surface area contributed by atoms with Crippen molar-refractivity contribution in [1.82, 2.24) is 5.23 Å². The zero-order chi connectivity index (χ0) is 25.6. The molecule has 1 amide bonds. The Labute approximate surface area is 198 Å². The Hall–Kier alpha value is -2.55. The number of nitrogens with one attached hydrogen (secondary N) is 1. The summed E-state index contributed by atoms with van der Waals surface area (Å²) >= 11 is 0. The van der Waals surface area contributed by atoms with Gasteiger partial charge in [-0.05, 0) is 39.5 Å². The zero-order valence-corrected chi connectivity index (χ0v) is 20.1. The maximum atomic E-state index is 11.7. The van der Waals surface area contributed by atoms with E-state index in [1.54, 1.807) is 34.9 Å². The summed E-state index contributed by atoms with van der Waals surface area (Å²) < 4.78 is 9.77. The monoisotopic (exact) mass is 462 g/mol. The first kappa shape index (κ1) is 30.4. The van der Waals surface area contributed by atoms with E-state index in [4.69, 9.17) is 20.2 Å². The minimum atomic E-state index is -0.943. The third-order valence-electron chi connectivity index (χ3n) is 5.13. The first-order chi connectivity index (χ1) is 15.6. The number of aliphatic carboxylic acids is 1. The van der Waals surface area contributed by atoms with Crippen LogP contribution in [0.3, 0.4) is 0 Å². The number of carbonyl (C=O) groups excluding carboxylic acids is 3. The van der Waals surface area contributed by atoms with Gasteiger partial charge in [-0.15, -0.1) is 0 Å². The SMILES string of the molecule is C=C1C[C@H](C(=O)N[B]C)[C@@H](C(=O)OCC)C1.C=C1C[C@H](C(=O)O)[C@@H](C(=O)OCC)C1.C[B]N. The summed E-state index contributed by atoms with van der Waals surface area (Å²) in [7, 11) is 3.08. The molecule has 4 atom stereocenters. The van der Waals surface area contributed by atoms with Gasteiger partial charge in [0.2, 0.25) is 13.3 Å². The number of ether oxygens (including phenoxy) is 2. The molecule has 2 radical (unpaired) electrons. The number of hydrogen-bond acceptors (Lipinski definition) is 7. The molecule has 4 N–H and O–H groups in total. The van der Waals surface area contributed by atoms with Gasteiger partial charge in [-0.3, -0.25) is 19.2 Å². The first-order valence-electron chi connectivity index (χ1n) is 11.0. The summed E-state index contributed by atoms with van der Waals surface area (Å²) in [5.74, 6) is -3.67. The van der Waals surface area contributed by atoms with E-state index in [9.17, 15) is 19.2 Å². The second-order valence-electron chi connectivity index (χ2n) is 7.72. The Morgan fingerprint density at radius 1 is 0.909 bits per heavy atom. The van der Waals surface area contributed by atoms with Gasteiger partial charge < -0.3 is 25.5 Å². The van der Waals surface area contributed by atoms with Gasteiger partial charge in [0.15, 0.2) is 7.41 Å². The van der Waals surface area contributed by atoms with Gasteiger partial charge >= 0.3 is 17.9 Å². The van der Waals surface area contributed by atoms with Crippen LogP contribution in [0.2, 0.25) is 13.6 Å². The molecular formula is C22H36B2N2O7. The van der Waals surface area contributed by atoms with Gasteiger partial charge in [0.05, 0.1) is 36.9 Å². The van der Waals surface area contributed by atoms with E-state index < -0.39 is 23.8 Å². The third-order valence-corrected chi connectivity index (χ3v) is 5.13. The summed E-state index contributed by atoms with van der Waals surface area (Å²) in [5, 5.41) is 11.5.